The molecule has 126 valence electrons. The topological polar surface area (TPSA) is 37.3 Å². The zero-order valence-electron chi connectivity index (χ0n) is 14.6. The van der Waals surface area contributed by atoms with Gasteiger partial charge in [-0.25, -0.2) is 0 Å². The van der Waals surface area contributed by atoms with Gasteiger partial charge in [0.25, 0.3) is 0 Å². The molecular weight excluding hydrogens is 308 g/mol. The average molecular weight is 335 g/mol. The lowest BCUT2D eigenvalue weighted by molar-refractivity contribution is -0.157. The van der Waals surface area contributed by atoms with E-state index in [-0.39, 0.29) is 11.3 Å². The molecule has 2 aliphatic rings. The highest BCUT2D eigenvalue weighted by atomic mass is 35.5. The molecule has 0 amide bonds. The number of halogens is 1. The molecule has 1 aromatic carbocycles. The van der Waals surface area contributed by atoms with Crippen LogP contribution in [0.25, 0.3) is 0 Å². The maximum Gasteiger partial charge on any atom is 0.309 e. The molecule has 3 rings (SSSR count). The predicted molar refractivity (Wildman–Crippen MR) is 94.3 cm³/mol. The van der Waals surface area contributed by atoms with Crippen LogP contribution >= 0.6 is 11.6 Å². The van der Waals surface area contributed by atoms with Crippen LogP contribution < -0.4 is 0 Å². The Morgan fingerprint density at radius 2 is 2.00 bits per heavy atom. The second-order valence-corrected chi connectivity index (χ2v) is 8.68. The highest BCUT2D eigenvalue weighted by Gasteiger charge is 2.55. The van der Waals surface area contributed by atoms with Gasteiger partial charge in [0.15, 0.2) is 0 Å². The molecule has 0 bridgehead atoms. The van der Waals surface area contributed by atoms with E-state index in [0.717, 1.165) is 37.1 Å². The first-order valence-electron chi connectivity index (χ1n) is 8.76. The van der Waals surface area contributed by atoms with Crippen LogP contribution in [-0.4, -0.2) is 11.1 Å². The molecule has 23 heavy (non-hydrogen) atoms. The van der Waals surface area contributed by atoms with Gasteiger partial charge in [-0.2, -0.15) is 0 Å². The summed E-state index contributed by atoms with van der Waals surface area (Å²) in [5.74, 6) is -0.0366. The van der Waals surface area contributed by atoms with E-state index in [2.05, 4.69) is 32.9 Å². The standard InChI is InChI=1S/C20H27ClO2/c1-12(2)14-10-13-6-7-17-19(3,15(13)11-16(14)21)8-5-9-20(17,4)18(22)23/h10-12,17H,5-9H2,1-4H3,(H,22,23). The van der Waals surface area contributed by atoms with Crippen LogP contribution in [-0.2, 0) is 16.6 Å². The molecule has 3 atom stereocenters. The van der Waals surface area contributed by atoms with Gasteiger partial charge in [0.1, 0.15) is 0 Å². The Bertz CT molecular complexity index is 651. The van der Waals surface area contributed by atoms with Gasteiger partial charge in [-0.15, -0.1) is 0 Å². The quantitative estimate of drug-likeness (QED) is 0.768. The molecule has 1 fully saturated rings. The zero-order chi connectivity index (χ0) is 17.0. The number of aliphatic carboxylic acids is 1. The number of fused-ring (bicyclic) bond motifs is 3. The molecule has 1 aromatic rings. The summed E-state index contributed by atoms with van der Waals surface area (Å²) in [5.41, 5.74) is 3.21. The lowest BCUT2D eigenvalue weighted by atomic mass is 9.50. The summed E-state index contributed by atoms with van der Waals surface area (Å²) >= 11 is 6.57. The van der Waals surface area contributed by atoms with Crippen LogP contribution in [0.2, 0.25) is 5.02 Å². The molecular formula is C20H27ClO2. The van der Waals surface area contributed by atoms with Gasteiger partial charge >= 0.3 is 5.97 Å². The highest BCUT2D eigenvalue weighted by molar-refractivity contribution is 6.31. The molecule has 0 aromatic heterocycles. The summed E-state index contributed by atoms with van der Waals surface area (Å²) in [6.45, 7) is 8.56. The Kier molecular flexibility index (Phi) is 4.03. The molecule has 3 unspecified atom stereocenters. The summed E-state index contributed by atoms with van der Waals surface area (Å²) in [6, 6.07) is 4.42. The van der Waals surface area contributed by atoms with Crippen molar-refractivity contribution >= 4 is 17.6 Å². The Morgan fingerprint density at radius 3 is 2.61 bits per heavy atom. The molecule has 0 radical (unpaired) electrons. The monoisotopic (exact) mass is 334 g/mol. The van der Waals surface area contributed by atoms with Crippen molar-refractivity contribution in [3.8, 4) is 0 Å². The van der Waals surface area contributed by atoms with Crippen LogP contribution in [0.4, 0.5) is 0 Å². The van der Waals surface area contributed by atoms with Gasteiger partial charge in [0.05, 0.1) is 5.41 Å². The van der Waals surface area contributed by atoms with Crippen LogP contribution in [0.5, 0.6) is 0 Å². The smallest absolute Gasteiger partial charge is 0.309 e. The zero-order valence-corrected chi connectivity index (χ0v) is 15.3. The molecule has 2 aliphatic carbocycles. The van der Waals surface area contributed by atoms with Gasteiger partial charge < -0.3 is 5.11 Å². The molecule has 0 heterocycles. The molecule has 3 heteroatoms. The Balaban J connectivity index is 2.13. The van der Waals surface area contributed by atoms with E-state index in [1.54, 1.807) is 0 Å². The van der Waals surface area contributed by atoms with Gasteiger partial charge in [0.2, 0.25) is 0 Å². The third kappa shape index (κ3) is 2.41. The van der Waals surface area contributed by atoms with Crippen molar-refractivity contribution in [1.29, 1.82) is 0 Å². The fourth-order valence-electron chi connectivity index (χ4n) is 5.21. The maximum absolute atomic E-state index is 12.0. The van der Waals surface area contributed by atoms with E-state index in [9.17, 15) is 9.90 Å². The van der Waals surface area contributed by atoms with Gasteiger partial charge in [-0.3, -0.25) is 4.79 Å². The van der Waals surface area contributed by atoms with E-state index in [0.29, 0.717) is 5.92 Å². The Labute approximate surface area is 144 Å². The third-order valence-electron chi connectivity index (χ3n) is 6.58. The fourth-order valence-corrected chi connectivity index (χ4v) is 5.59. The molecule has 0 aliphatic heterocycles. The van der Waals surface area contributed by atoms with Crippen molar-refractivity contribution in [2.24, 2.45) is 11.3 Å². The minimum atomic E-state index is -0.637. The summed E-state index contributed by atoms with van der Waals surface area (Å²) in [6.07, 6.45) is 4.75. The van der Waals surface area contributed by atoms with E-state index in [1.165, 1.54) is 16.7 Å². The molecule has 0 spiro atoms. The predicted octanol–water partition coefficient (Wildman–Crippen LogP) is 5.56. The van der Waals surface area contributed by atoms with Crippen molar-refractivity contribution in [3.63, 3.8) is 0 Å². The second kappa shape index (κ2) is 5.51. The largest absolute Gasteiger partial charge is 0.481 e. The van der Waals surface area contributed by atoms with Crippen molar-refractivity contribution < 1.29 is 9.90 Å². The minimum Gasteiger partial charge on any atom is -0.481 e. The normalized spacial score (nSPS) is 33.2. The lowest BCUT2D eigenvalue weighted by Gasteiger charge is -2.53. The number of hydrogen-bond acceptors (Lipinski definition) is 1. The SMILES string of the molecule is CC(C)c1cc2c(cc1Cl)C1(C)CCCC(C)(C(=O)O)C1CC2. The molecule has 1 N–H and O–H groups in total. The number of carboxylic acid groups (broad SMARTS) is 1. The van der Waals surface area contributed by atoms with Crippen LogP contribution in [0.3, 0.4) is 0 Å². The lowest BCUT2D eigenvalue weighted by Crippen LogP contribution is -2.52. The van der Waals surface area contributed by atoms with E-state index in [4.69, 9.17) is 11.6 Å². The number of benzene rings is 1. The first-order valence-corrected chi connectivity index (χ1v) is 9.14. The molecule has 2 nitrogen and oxygen atoms in total. The number of rotatable bonds is 2. The van der Waals surface area contributed by atoms with Gasteiger partial charge in [-0.05, 0) is 72.6 Å². The van der Waals surface area contributed by atoms with E-state index in [1.807, 2.05) is 6.92 Å². The van der Waals surface area contributed by atoms with Crippen LogP contribution in [0, 0.1) is 11.3 Å². The van der Waals surface area contributed by atoms with Crippen molar-refractivity contribution in [2.45, 2.75) is 71.1 Å². The number of hydrogen-bond donors (Lipinski definition) is 1. The fraction of sp³-hybridized carbons (Fsp3) is 0.650. The van der Waals surface area contributed by atoms with Crippen LogP contribution in [0.1, 0.15) is 76.0 Å². The average Bonchev–Trinajstić information content (AvgIpc) is 2.46. The summed E-state index contributed by atoms with van der Waals surface area (Å²) in [5, 5.41) is 10.7. The molecule has 1 saturated carbocycles. The third-order valence-corrected chi connectivity index (χ3v) is 6.91. The van der Waals surface area contributed by atoms with E-state index < -0.39 is 11.4 Å². The van der Waals surface area contributed by atoms with Crippen molar-refractivity contribution in [3.05, 3.63) is 33.8 Å². The number of carboxylic acids is 1. The van der Waals surface area contributed by atoms with Crippen molar-refractivity contribution in [2.75, 3.05) is 0 Å². The van der Waals surface area contributed by atoms with Crippen LogP contribution in [0.15, 0.2) is 12.1 Å². The Morgan fingerprint density at radius 1 is 1.30 bits per heavy atom. The summed E-state index contributed by atoms with van der Waals surface area (Å²) < 4.78 is 0. The van der Waals surface area contributed by atoms with Gasteiger partial charge in [-0.1, -0.05) is 44.9 Å². The second-order valence-electron chi connectivity index (χ2n) is 8.27. The number of aryl methyl sites for hydroxylation is 1. The summed E-state index contributed by atoms with van der Waals surface area (Å²) in [7, 11) is 0. The summed E-state index contributed by atoms with van der Waals surface area (Å²) in [4.78, 5) is 12.0. The highest BCUT2D eigenvalue weighted by Crippen LogP contribution is 2.57. The molecule has 0 saturated heterocycles. The Hall–Kier alpha value is -1.02. The van der Waals surface area contributed by atoms with E-state index >= 15 is 0 Å². The first-order chi connectivity index (χ1) is 10.7. The minimum absolute atomic E-state index is 0.0713. The number of carbonyl (C=O) groups is 1. The maximum atomic E-state index is 12.0. The van der Waals surface area contributed by atoms with Gasteiger partial charge in [0, 0.05) is 5.02 Å². The first kappa shape index (κ1) is 16.8. The van der Waals surface area contributed by atoms with Crippen molar-refractivity contribution in [1.82, 2.24) is 0 Å².